The monoisotopic (exact) mass is 563 g/mol. The second kappa shape index (κ2) is 9.48. The van der Waals surface area contributed by atoms with Gasteiger partial charge in [-0.3, -0.25) is 4.90 Å². The van der Waals surface area contributed by atoms with Crippen LogP contribution in [0, 0.1) is 0 Å². The van der Waals surface area contributed by atoms with Crippen LogP contribution in [0.5, 0.6) is 0 Å². The summed E-state index contributed by atoms with van der Waals surface area (Å²) in [6.07, 6.45) is -10.8. The molecule has 0 bridgehead atoms. The number of hydrogen-bond donors (Lipinski definition) is 0. The van der Waals surface area contributed by atoms with E-state index in [2.05, 4.69) is 0 Å². The predicted molar refractivity (Wildman–Crippen MR) is 120 cm³/mol. The van der Waals surface area contributed by atoms with Crippen molar-refractivity contribution in [1.29, 1.82) is 0 Å². The van der Waals surface area contributed by atoms with Crippen molar-refractivity contribution >= 4 is 6.09 Å². The highest BCUT2D eigenvalue weighted by Crippen LogP contribution is 2.51. The van der Waals surface area contributed by atoms with Gasteiger partial charge in [0.25, 0.3) is 0 Å². The summed E-state index contributed by atoms with van der Waals surface area (Å²) in [5, 5.41) is 0. The average molecular weight is 563 g/mol. The van der Waals surface area contributed by atoms with E-state index < -0.39 is 65.1 Å². The number of hydrogen-bond acceptors (Lipinski definition) is 2. The summed E-state index contributed by atoms with van der Waals surface area (Å²) in [6.45, 7) is 0. The van der Waals surface area contributed by atoms with Crippen molar-refractivity contribution in [2.75, 3.05) is 0 Å². The van der Waals surface area contributed by atoms with Crippen molar-refractivity contribution in [1.82, 2.24) is 4.90 Å². The molecule has 4 atom stereocenters. The van der Waals surface area contributed by atoms with E-state index in [0.29, 0.717) is 24.1 Å². The number of alkyl halides is 9. The first-order valence-electron chi connectivity index (χ1n) is 12.3. The number of cyclic esters (lactones) is 1. The molecule has 3 aliphatic rings. The van der Waals surface area contributed by atoms with E-state index in [9.17, 15) is 44.3 Å². The fraction of sp³-hybridized carbons (Fsp3) is 0.444. The number of halogens is 9. The summed E-state index contributed by atoms with van der Waals surface area (Å²) in [5.74, 6) is -0.192. The molecule has 0 spiro atoms. The molecule has 0 saturated carbocycles. The molecule has 1 unspecified atom stereocenters. The minimum Gasteiger partial charge on any atom is -0.439 e. The van der Waals surface area contributed by atoms with Crippen molar-refractivity contribution in [2.24, 2.45) is 0 Å². The largest absolute Gasteiger partial charge is 0.439 e. The van der Waals surface area contributed by atoms with Crippen LogP contribution in [-0.4, -0.2) is 17.0 Å². The highest BCUT2D eigenvalue weighted by molar-refractivity contribution is 5.73. The van der Waals surface area contributed by atoms with Gasteiger partial charge in [0.2, 0.25) is 0 Å². The zero-order chi connectivity index (χ0) is 28.3. The van der Waals surface area contributed by atoms with Gasteiger partial charge >= 0.3 is 24.6 Å². The Bertz CT molecular complexity index is 1260. The van der Waals surface area contributed by atoms with Crippen molar-refractivity contribution in [2.45, 2.75) is 74.7 Å². The zero-order valence-corrected chi connectivity index (χ0v) is 20.1. The number of fused-ring (bicyclic) bond motifs is 1. The van der Waals surface area contributed by atoms with Gasteiger partial charge in [-0.05, 0) is 79.1 Å². The Hall–Kier alpha value is -3.18. The van der Waals surface area contributed by atoms with E-state index in [1.807, 2.05) is 12.2 Å². The van der Waals surface area contributed by atoms with Gasteiger partial charge in [-0.2, -0.15) is 39.5 Å². The van der Waals surface area contributed by atoms with Gasteiger partial charge in [-0.1, -0.05) is 18.2 Å². The van der Waals surface area contributed by atoms with Gasteiger partial charge in [0, 0.05) is 5.92 Å². The number of nitrogens with zero attached hydrogens (tertiary/aromatic N) is 1. The SMILES string of the molecule is O=C1O[C@H](c2cc(C(F)(F)F)cc(C(F)(F)F)c2)[C@@H]2CC[C@@H](c3cc(C(F)(F)F)ccc3C3C=CCCC3)N12. The molecule has 5 rings (SSSR count). The predicted octanol–water partition coefficient (Wildman–Crippen LogP) is 8.96. The lowest BCUT2D eigenvalue weighted by Gasteiger charge is -2.28. The van der Waals surface area contributed by atoms with E-state index in [4.69, 9.17) is 4.74 Å². The van der Waals surface area contributed by atoms with Crippen LogP contribution in [0.4, 0.5) is 44.3 Å². The van der Waals surface area contributed by atoms with Crippen LogP contribution in [0.15, 0.2) is 48.6 Å². The van der Waals surface area contributed by atoms with Crippen LogP contribution in [0.2, 0.25) is 0 Å². The Morgan fingerprint density at radius 3 is 1.95 bits per heavy atom. The van der Waals surface area contributed by atoms with E-state index in [1.165, 1.54) is 11.0 Å². The number of amides is 1. The number of allylic oxidation sites excluding steroid dienone is 2. The van der Waals surface area contributed by atoms with Crippen molar-refractivity contribution < 1.29 is 49.0 Å². The molecule has 2 heterocycles. The number of carbonyl (C=O) groups excluding carboxylic acids is 1. The van der Waals surface area contributed by atoms with Gasteiger partial charge in [0.15, 0.2) is 0 Å². The van der Waals surface area contributed by atoms with Gasteiger partial charge in [-0.15, -0.1) is 0 Å². The second-order valence-corrected chi connectivity index (χ2v) is 10.0. The third-order valence-corrected chi connectivity index (χ3v) is 7.58. The summed E-state index contributed by atoms with van der Waals surface area (Å²) in [7, 11) is 0. The molecule has 2 aromatic carbocycles. The molecule has 2 aliphatic heterocycles. The van der Waals surface area contributed by atoms with Crippen LogP contribution in [0.1, 0.15) is 83.5 Å². The molecule has 0 radical (unpaired) electrons. The molecule has 2 aromatic rings. The van der Waals surface area contributed by atoms with Crippen molar-refractivity contribution in [3.8, 4) is 0 Å². The molecule has 3 nitrogen and oxygen atoms in total. The third-order valence-electron chi connectivity index (χ3n) is 7.58. The van der Waals surface area contributed by atoms with E-state index in [-0.39, 0.29) is 30.4 Å². The first kappa shape index (κ1) is 27.4. The second-order valence-electron chi connectivity index (χ2n) is 10.0. The minimum absolute atomic E-state index is 0.0118. The zero-order valence-electron chi connectivity index (χ0n) is 20.1. The number of ether oxygens (including phenoxy) is 1. The molecule has 0 aromatic heterocycles. The maximum absolute atomic E-state index is 13.6. The summed E-state index contributed by atoms with van der Waals surface area (Å²) >= 11 is 0. The Balaban J connectivity index is 1.55. The molecular weight excluding hydrogens is 541 g/mol. The highest BCUT2D eigenvalue weighted by atomic mass is 19.4. The van der Waals surface area contributed by atoms with Crippen LogP contribution >= 0.6 is 0 Å². The lowest BCUT2D eigenvalue weighted by molar-refractivity contribution is -0.143. The summed E-state index contributed by atoms with van der Waals surface area (Å²) in [4.78, 5) is 14.1. The molecule has 12 heteroatoms. The quantitative estimate of drug-likeness (QED) is 0.276. The van der Waals surface area contributed by atoms with Crippen molar-refractivity contribution in [3.63, 3.8) is 0 Å². The Kier molecular flexibility index (Phi) is 6.66. The lowest BCUT2D eigenvalue weighted by atomic mass is 9.83. The topological polar surface area (TPSA) is 29.5 Å². The summed E-state index contributed by atoms with van der Waals surface area (Å²) < 4.78 is 127. The van der Waals surface area contributed by atoms with Gasteiger partial charge in [0.05, 0.1) is 28.8 Å². The first-order valence-corrected chi connectivity index (χ1v) is 12.3. The van der Waals surface area contributed by atoms with Gasteiger partial charge < -0.3 is 4.74 Å². The Labute approximate surface area is 217 Å². The van der Waals surface area contributed by atoms with E-state index >= 15 is 0 Å². The number of carbonyl (C=O) groups is 1. The van der Waals surface area contributed by atoms with Gasteiger partial charge in [0.1, 0.15) is 6.10 Å². The fourth-order valence-electron chi connectivity index (χ4n) is 5.83. The Morgan fingerprint density at radius 2 is 1.38 bits per heavy atom. The normalized spacial score (nSPS) is 25.7. The molecule has 1 amide bonds. The molecule has 2 fully saturated rings. The fourth-order valence-corrected chi connectivity index (χ4v) is 5.83. The van der Waals surface area contributed by atoms with Crippen LogP contribution in [-0.2, 0) is 23.3 Å². The third kappa shape index (κ3) is 5.21. The molecule has 210 valence electrons. The van der Waals surface area contributed by atoms with Crippen LogP contribution in [0.25, 0.3) is 0 Å². The molecular formula is C27H22F9NO2. The smallest absolute Gasteiger partial charge is 0.416 e. The summed E-state index contributed by atoms with van der Waals surface area (Å²) in [6, 6.07) is 2.54. The number of benzene rings is 2. The molecule has 39 heavy (non-hydrogen) atoms. The molecule has 2 saturated heterocycles. The maximum atomic E-state index is 13.6. The highest BCUT2D eigenvalue weighted by Gasteiger charge is 2.52. The van der Waals surface area contributed by atoms with Gasteiger partial charge in [-0.25, -0.2) is 4.79 Å². The van der Waals surface area contributed by atoms with Crippen LogP contribution in [0.3, 0.4) is 0 Å². The Morgan fingerprint density at radius 1 is 0.744 bits per heavy atom. The van der Waals surface area contributed by atoms with Crippen molar-refractivity contribution in [3.05, 3.63) is 81.9 Å². The standard InChI is InChI=1S/C27H22F9NO2/c28-25(29,30)16-6-7-19(14-4-2-1-3-5-14)20(13-16)21-8-9-22-23(39-24(38)37(21)22)15-10-17(26(31,32)33)12-18(11-15)27(34,35)36/h2,4,6-7,10-14,21-23H,1,3,5,8-9H2/t14?,21-,22-,23+/m0/s1. The average Bonchev–Trinajstić information content (AvgIpc) is 3.43. The minimum atomic E-state index is -5.09. The first-order chi connectivity index (χ1) is 18.1. The molecule has 0 N–H and O–H groups in total. The molecule has 1 aliphatic carbocycles. The van der Waals surface area contributed by atoms with E-state index in [0.717, 1.165) is 25.0 Å². The van der Waals surface area contributed by atoms with E-state index in [1.54, 1.807) is 0 Å². The lowest BCUT2D eigenvalue weighted by Crippen LogP contribution is -2.31. The summed E-state index contributed by atoms with van der Waals surface area (Å²) in [5.41, 5.74) is -3.62. The number of rotatable bonds is 3. The maximum Gasteiger partial charge on any atom is 0.416 e. The van der Waals surface area contributed by atoms with Crippen LogP contribution < -0.4 is 0 Å².